The Hall–Kier alpha value is -1.16. The molecule has 4 heteroatoms. The predicted molar refractivity (Wildman–Crippen MR) is 67.2 cm³/mol. The van der Waals surface area contributed by atoms with E-state index in [0.717, 1.165) is 0 Å². The molecule has 2 rings (SSSR count). The summed E-state index contributed by atoms with van der Waals surface area (Å²) in [7, 11) is 1.52. The Balaban J connectivity index is 2.10. The predicted octanol–water partition coefficient (Wildman–Crippen LogP) is 2.87. The smallest absolute Gasteiger partial charge is 0.255 e. The van der Waals surface area contributed by atoms with Crippen LogP contribution >= 0.6 is 0 Å². The van der Waals surface area contributed by atoms with Crippen LogP contribution in [0.3, 0.4) is 0 Å². The number of hydrogen-bond acceptors (Lipinski definition) is 2. The van der Waals surface area contributed by atoms with Gasteiger partial charge in [0.25, 0.3) is 5.92 Å². The van der Waals surface area contributed by atoms with E-state index in [9.17, 15) is 8.78 Å². The fraction of sp³-hybridized carbons (Fsp3) is 0.571. The zero-order valence-corrected chi connectivity index (χ0v) is 10.6. The van der Waals surface area contributed by atoms with Crippen LogP contribution in [0.5, 0.6) is 5.75 Å². The van der Waals surface area contributed by atoms with Crippen molar-refractivity contribution < 1.29 is 13.5 Å². The summed E-state index contributed by atoms with van der Waals surface area (Å²) in [5, 5.41) is 3.12. The van der Waals surface area contributed by atoms with Crippen LogP contribution in [0.25, 0.3) is 0 Å². The molecule has 1 saturated heterocycles. The summed E-state index contributed by atoms with van der Waals surface area (Å²) < 4.78 is 33.6. The maximum absolute atomic E-state index is 14.2. The Labute approximate surface area is 106 Å². The number of ether oxygens (including phenoxy) is 1. The van der Waals surface area contributed by atoms with Gasteiger partial charge < -0.3 is 10.1 Å². The van der Waals surface area contributed by atoms with E-state index in [1.54, 1.807) is 24.3 Å². The molecule has 0 bridgehead atoms. The number of hydrogen-bond donors (Lipinski definition) is 1. The first-order chi connectivity index (χ1) is 8.63. The number of para-hydroxylation sites is 1. The van der Waals surface area contributed by atoms with Crippen LogP contribution in [0.15, 0.2) is 24.3 Å². The Morgan fingerprint density at radius 3 is 2.61 bits per heavy atom. The van der Waals surface area contributed by atoms with E-state index in [4.69, 9.17) is 4.74 Å². The lowest BCUT2D eigenvalue weighted by Gasteiger charge is -2.30. The first kappa shape index (κ1) is 13.3. The van der Waals surface area contributed by atoms with E-state index < -0.39 is 11.8 Å². The van der Waals surface area contributed by atoms with Crippen molar-refractivity contribution in [3.05, 3.63) is 29.8 Å². The summed E-state index contributed by atoms with van der Waals surface area (Å²) in [5.74, 6) is -2.63. The molecule has 1 aliphatic rings. The molecule has 0 aliphatic carbocycles. The van der Waals surface area contributed by atoms with Crippen molar-refractivity contribution in [3.8, 4) is 5.75 Å². The second-order valence-corrected chi connectivity index (χ2v) is 4.77. The van der Waals surface area contributed by atoms with Crippen LogP contribution in [0, 0.1) is 5.92 Å². The topological polar surface area (TPSA) is 21.3 Å². The molecule has 0 unspecified atom stereocenters. The Bertz CT molecular complexity index is 389. The summed E-state index contributed by atoms with van der Waals surface area (Å²) >= 11 is 0. The Morgan fingerprint density at radius 1 is 1.28 bits per heavy atom. The quantitative estimate of drug-likeness (QED) is 0.893. The third-order valence-corrected chi connectivity index (χ3v) is 3.56. The monoisotopic (exact) mass is 255 g/mol. The van der Waals surface area contributed by atoms with Crippen molar-refractivity contribution >= 4 is 0 Å². The first-order valence-electron chi connectivity index (χ1n) is 6.34. The first-order valence-corrected chi connectivity index (χ1v) is 6.34. The second-order valence-electron chi connectivity index (χ2n) is 4.77. The minimum Gasteiger partial charge on any atom is -0.496 e. The van der Waals surface area contributed by atoms with Crippen LogP contribution < -0.4 is 10.1 Å². The van der Waals surface area contributed by atoms with Crippen molar-refractivity contribution in [1.82, 2.24) is 5.32 Å². The van der Waals surface area contributed by atoms with E-state index in [1.165, 1.54) is 7.11 Å². The van der Waals surface area contributed by atoms with Crippen molar-refractivity contribution in [3.63, 3.8) is 0 Å². The zero-order valence-electron chi connectivity index (χ0n) is 10.6. The van der Waals surface area contributed by atoms with E-state index >= 15 is 0 Å². The normalized spacial score (nSPS) is 17.7. The zero-order chi connectivity index (χ0) is 13.0. The average Bonchev–Trinajstić information content (AvgIpc) is 2.40. The molecule has 1 aliphatic heterocycles. The van der Waals surface area contributed by atoms with Crippen molar-refractivity contribution in [2.45, 2.75) is 25.2 Å². The highest BCUT2D eigenvalue weighted by Crippen LogP contribution is 2.36. The molecule has 1 aromatic rings. The van der Waals surface area contributed by atoms with Crippen LogP contribution in [0.4, 0.5) is 8.78 Å². The molecule has 1 fully saturated rings. The lowest BCUT2D eigenvalue weighted by molar-refractivity contribution is -0.0678. The highest BCUT2D eigenvalue weighted by atomic mass is 19.3. The molecule has 0 spiro atoms. The summed E-state index contributed by atoms with van der Waals surface area (Å²) in [6.07, 6.45) is 0.853. The van der Waals surface area contributed by atoms with Crippen LogP contribution in [0.2, 0.25) is 0 Å². The van der Waals surface area contributed by atoms with Crippen LogP contribution in [0.1, 0.15) is 18.4 Å². The molecule has 0 aromatic heterocycles. The molecule has 0 saturated carbocycles. The lowest BCUT2D eigenvalue weighted by atomic mass is 9.87. The van der Waals surface area contributed by atoms with Gasteiger partial charge in [0.05, 0.1) is 7.11 Å². The lowest BCUT2D eigenvalue weighted by Crippen LogP contribution is -2.39. The Morgan fingerprint density at radius 2 is 1.94 bits per heavy atom. The van der Waals surface area contributed by atoms with Gasteiger partial charge in [0.15, 0.2) is 0 Å². The molecule has 1 aromatic carbocycles. The third kappa shape index (κ3) is 2.99. The fourth-order valence-corrected chi connectivity index (χ4v) is 2.49. The maximum Gasteiger partial charge on any atom is 0.255 e. The van der Waals surface area contributed by atoms with Crippen LogP contribution in [-0.4, -0.2) is 26.1 Å². The number of rotatable bonds is 4. The molecular formula is C14H19F2NO. The van der Waals surface area contributed by atoms with Gasteiger partial charge in [0.1, 0.15) is 5.75 Å². The van der Waals surface area contributed by atoms with Gasteiger partial charge in [-0.3, -0.25) is 0 Å². The van der Waals surface area contributed by atoms with Gasteiger partial charge in [-0.1, -0.05) is 18.2 Å². The second kappa shape index (κ2) is 5.65. The number of alkyl halides is 2. The van der Waals surface area contributed by atoms with Gasteiger partial charge in [-0.05, 0) is 32.0 Å². The van der Waals surface area contributed by atoms with Crippen LogP contribution in [-0.2, 0) is 6.42 Å². The maximum atomic E-state index is 14.2. The largest absolute Gasteiger partial charge is 0.496 e. The summed E-state index contributed by atoms with van der Waals surface area (Å²) in [6.45, 7) is 1.37. The van der Waals surface area contributed by atoms with E-state index in [0.29, 0.717) is 37.2 Å². The number of piperidine rings is 1. The standard InChI is InChI=1S/C14H19F2NO/c1-18-13-5-3-2-4-11(13)10-14(15,16)12-6-8-17-9-7-12/h2-5,12,17H,6-10H2,1H3. The molecule has 18 heavy (non-hydrogen) atoms. The molecule has 0 amide bonds. The highest BCUT2D eigenvalue weighted by Gasteiger charge is 2.40. The van der Waals surface area contributed by atoms with Gasteiger partial charge in [-0.15, -0.1) is 0 Å². The summed E-state index contributed by atoms with van der Waals surface area (Å²) in [5.41, 5.74) is 0.587. The third-order valence-electron chi connectivity index (χ3n) is 3.56. The molecule has 2 nitrogen and oxygen atoms in total. The van der Waals surface area contributed by atoms with Crippen molar-refractivity contribution in [2.75, 3.05) is 20.2 Å². The van der Waals surface area contributed by atoms with Gasteiger partial charge in [0, 0.05) is 17.9 Å². The highest BCUT2D eigenvalue weighted by molar-refractivity contribution is 5.34. The molecule has 1 N–H and O–H groups in total. The number of halogens is 2. The average molecular weight is 255 g/mol. The summed E-state index contributed by atoms with van der Waals surface area (Å²) in [4.78, 5) is 0. The van der Waals surface area contributed by atoms with Gasteiger partial charge in [-0.25, -0.2) is 8.78 Å². The molecule has 1 heterocycles. The van der Waals surface area contributed by atoms with Gasteiger partial charge in [0.2, 0.25) is 0 Å². The van der Waals surface area contributed by atoms with E-state index in [-0.39, 0.29) is 6.42 Å². The number of nitrogens with one attached hydrogen (secondary N) is 1. The minimum absolute atomic E-state index is 0.234. The van der Waals surface area contributed by atoms with E-state index in [2.05, 4.69) is 5.32 Å². The van der Waals surface area contributed by atoms with E-state index in [1.807, 2.05) is 0 Å². The van der Waals surface area contributed by atoms with Crippen molar-refractivity contribution in [1.29, 1.82) is 0 Å². The molecule has 0 atom stereocenters. The summed E-state index contributed by atoms with van der Waals surface area (Å²) in [6, 6.07) is 7.02. The van der Waals surface area contributed by atoms with Gasteiger partial charge in [-0.2, -0.15) is 0 Å². The molecule has 100 valence electrons. The number of methoxy groups -OCH3 is 1. The van der Waals surface area contributed by atoms with Crippen molar-refractivity contribution in [2.24, 2.45) is 5.92 Å². The Kier molecular flexibility index (Phi) is 4.17. The molecule has 0 radical (unpaired) electrons. The number of benzene rings is 1. The molecular weight excluding hydrogens is 236 g/mol. The fourth-order valence-electron chi connectivity index (χ4n) is 2.49. The minimum atomic E-state index is -2.66. The SMILES string of the molecule is COc1ccccc1CC(F)(F)C1CCNCC1. The van der Waals surface area contributed by atoms with Gasteiger partial charge >= 0.3 is 0 Å².